The molecule has 0 fully saturated rings. The maximum Gasteiger partial charge on any atom is 0.272 e. The molecule has 4 aromatic rings. The predicted molar refractivity (Wildman–Crippen MR) is 125 cm³/mol. The van der Waals surface area contributed by atoms with Crippen molar-refractivity contribution in [3.63, 3.8) is 0 Å². The highest BCUT2D eigenvalue weighted by atomic mass is 32.2. The van der Waals surface area contributed by atoms with Gasteiger partial charge >= 0.3 is 0 Å². The fourth-order valence-corrected chi connectivity index (χ4v) is 3.97. The molecule has 1 N–H and O–H groups in total. The number of aromatic nitrogens is 4. The van der Waals surface area contributed by atoms with Gasteiger partial charge < -0.3 is 14.2 Å². The maximum atomic E-state index is 13.1. The molecule has 0 saturated heterocycles. The summed E-state index contributed by atoms with van der Waals surface area (Å²) in [5, 5.41) is 0. The van der Waals surface area contributed by atoms with Crippen molar-refractivity contribution in [2.75, 3.05) is 18.4 Å². The molecule has 0 amide bonds. The lowest BCUT2D eigenvalue weighted by Gasteiger charge is -2.18. The number of hydrogen-bond acceptors (Lipinski definition) is 9. The monoisotopic (exact) mass is 515 g/mol. The van der Waals surface area contributed by atoms with E-state index in [0.717, 1.165) is 0 Å². The van der Waals surface area contributed by atoms with Crippen molar-refractivity contribution in [2.24, 2.45) is 0 Å². The van der Waals surface area contributed by atoms with E-state index in [2.05, 4.69) is 24.7 Å². The Labute approximate surface area is 205 Å². The molecule has 0 aliphatic carbocycles. The Morgan fingerprint density at radius 3 is 2.22 bits per heavy atom. The number of halogens is 2. The summed E-state index contributed by atoms with van der Waals surface area (Å²) >= 11 is 0. The normalized spacial score (nSPS) is 11.2. The zero-order valence-electron chi connectivity index (χ0n) is 18.7. The van der Waals surface area contributed by atoms with Gasteiger partial charge in [0.25, 0.3) is 22.3 Å². The van der Waals surface area contributed by atoms with Crippen LogP contribution in [0.2, 0.25) is 0 Å². The molecule has 0 radical (unpaired) electrons. The van der Waals surface area contributed by atoms with E-state index in [1.54, 1.807) is 42.5 Å². The summed E-state index contributed by atoms with van der Waals surface area (Å²) in [5.74, 6) is -0.962. The summed E-state index contributed by atoms with van der Waals surface area (Å²) in [6.45, 7) is -1.04. The van der Waals surface area contributed by atoms with Crippen molar-refractivity contribution in [3.8, 4) is 34.8 Å². The first-order valence-electron chi connectivity index (χ1n) is 10.4. The molecular weight excluding hydrogens is 496 g/mol. The van der Waals surface area contributed by atoms with E-state index in [9.17, 15) is 17.2 Å². The van der Waals surface area contributed by atoms with Gasteiger partial charge in [-0.3, -0.25) is 4.72 Å². The molecule has 2 aromatic heterocycles. The molecule has 2 heterocycles. The van der Waals surface area contributed by atoms with E-state index in [1.165, 1.54) is 37.7 Å². The number of nitrogens with zero attached hydrogens (tertiary/aromatic N) is 4. The molecule has 0 spiro atoms. The fourth-order valence-electron chi connectivity index (χ4n) is 2.94. The number of alkyl halides is 2. The molecule has 0 unspecified atom stereocenters. The summed E-state index contributed by atoms with van der Waals surface area (Å²) in [6, 6.07) is 15.5. The molecule has 0 bridgehead atoms. The Balaban J connectivity index is 1.89. The van der Waals surface area contributed by atoms with Gasteiger partial charge in [0.05, 0.1) is 12.0 Å². The third-order valence-electron chi connectivity index (χ3n) is 4.51. The van der Waals surface area contributed by atoms with Crippen LogP contribution in [0.1, 0.15) is 0 Å². The first-order valence-corrected chi connectivity index (χ1v) is 11.8. The van der Waals surface area contributed by atoms with Gasteiger partial charge in [0, 0.05) is 12.4 Å². The van der Waals surface area contributed by atoms with E-state index in [-0.39, 0.29) is 39.6 Å². The Morgan fingerprint density at radius 1 is 0.889 bits per heavy atom. The van der Waals surface area contributed by atoms with Crippen LogP contribution in [0.25, 0.3) is 11.6 Å². The Kier molecular flexibility index (Phi) is 7.49. The minimum Gasteiger partial charge on any atom is -0.493 e. The zero-order chi connectivity index (χ0) is 25.5. The van der Waals surface area contributed by atoms with E-state index >= 15 is 0 Å². The lowest BCUT2D eigenvalue weighted by molar-refractivity contribution is 0.0783. The SMILES string of the molecule is COc1ccccc1Oc1c(NS(=O)(=O)c2ccccc2)nc(-c2ncccn2)nc1OCC(F)F. The number of nitrogens with one attached hydrogen (secondary N) is 1. The molecule has 4 rings (SSSR count). The zero-order valence-corrected chi connectivity index (χ0v) is 19.5. The number of benzene rings is 2. The molecule has 0 saturated carbocycles. The molecule has 186 valence electrons. The van der Waals surface area contributed by atoms with Crippen LogP contribution < -0.4 is 18.9 Å². The number of hydrogen-bond donors (Lipinski definition) is 1. The van der Waals surface area contributed by atoms with Crippen LogP contribution in [0.3, 0.4) is 0 Å². The van der Waals surface area contributed by atoms with Gasteiger partial charge in [-0.2, -0.15) is 4.98 Å². The van der Waals surface area contributed by atoms with Crippen molar-refractivity contribution in [1.29, 1.82) is 0 Å². The van der Waals surface area contributed by atoms with Crippen LogP contribution in [0.5, 0.6) is 23.1 Å². The van der Waals surface area contributed by atoms with Crippen molar-refractivity contribution in [1.82, 2.24) is 19.9 Å². The van der Waals surface area contributed by atoms with E-state index in [4.69, 9.17) is 14.2 Å². The first kappa shape index (κ1) is 24.7. The summed E-state index contributed by atoms with van der Waals surface area (Å²) < 4.78 is 71.0. The standard InChI is InChI=1S/C23H19F2N5O5S/c1-33-16-10-5-6-11-17(16)35-19-20(30-36(31,32)15-8-3-2-4-9-15)28-22(21-26-12-7-13-27-21)29-23(19)34-14-18(24)25/h2-13,18H,14H2,1H3,(H,28,29,30). The third kappa shape index (κ3) is 5.81. The molecule has 13 heteroatoms. The second-order valence-corrected chi connectivity index (χ2v) is 8.66. The van der Waals surface area contributed by atoms with Gasteiger partial charge in [-0.1, -0.05) is 30.3 Å². The van der Waals surface area contributed by atoms with Crippen molar-refractivity contribution < 1.29 is 31.4 Å². The van der Waals surface area contributed by atoms with Crippen molar-refractivity contribution >= 4 is 15.8 Å². The number of ether oxygens (including phenoxy) is 3. The van der Waals surface area contributed by atoms with Gasteiger partial charge in [-0.25, -0.2) is 32.2 Å². The van der Waals surface area contributed by atoms with Crippen LogP contribution in [0.4, 0.5) is 14.6 Å². The first-order chi connectivity index (χ1) is 17.4. The molecule has 36 heavy (non-hydrogen) atoms. The minimum atomic E-state index is -4.19. The average molecular weight is 515 g/mol. The number of methoxy groups -OCH3 is 1. The van der Waals surface area contributed by atoms with Gasteiger partial charge in [-0.05, 0) is 30.3 Å². The predicted octanol–water partition coefficient (Wildman–Crippen LogP) is 4.18. The molecule has 0 atom stereocenters. The van der Waals surface area contributed by atoms with Crippen molar-refractivity contribution in [3.05, 3.63) is 73.1 Å². The maximum absolute atomic E-state index is 13.1. The van der Waals surface area contributed by atoms with E-state index in [1.807, 2.05) is 0 Å². The fraction of sp³-hybridized carbons (Fsp3) is 0.130. The molecule has 0 aliphatic heterocycles. The highest BCUT2D eigenvalue weighted by molar-refractivity contribution is 7.92. The summed E-state index contributed by atoms with van der Waals surface area (Å²) in [7, 11) is -2.78. The average Bonchev–Trinajstić information content (AvgIpc) is 2.89. The van der Waals surface area contributed by atoms with Gasteiger partial charge in [0.15, 0.2) is 29.7 Å². The molecule has 0 aliphatic rings. The summed E-state index contributed by atoms with van der Waals surface area (Å²) in [4.78, 5) is 16.4. The Morgan fingerprint density at radius 2 is 1.56 bits per heavy atom. The van der Waals surface area contributed by atoms with Gasteiger partial charge in [0.2, 0.25) is 11.6 Å². The highest BCUT2D eigenvalue weighted by Crippen LogP contribution is 2.41. The van der Waals surface area contributed by atoms with Crippen LogP contribution >= 0.6 is 0 Å². The lowest BCUT2D eigenvalue weighted by Crippen LogP contribution is -2.17. The third-order valence-corrected chi connectivity index (χ3v) is 5.87. The number of rotatable bonds is 10. The second-order valence-electron chi connectivity index (χ2n) is 6.98. The summed E-state index contributed by atoms with van der Waals surface area (Å²) in [6.07, 6.45) is -0.0170. The van der Waals surface area contributed by atoms with Gasteiger partial charge in [0.1, 0.15) is 0 Å². The number of para-hydroxylation sites is 2. The van der Waals surface area contributed by atoms with Gasteiger partial charge in [-0.15, -0.1) is 0 Å². The highest BCUT2D eigenvalue weighted by Gasteiger charge is 2.26. The van der Waals surface area contributed by atoms with E-state index in [0.29, 0.717) is 0 Å². The largest absolute Gasteiger partial charge is 0.493 e. The van der Waals surface area contributed by atoms with Crippen LogP contribution in [-0.4, -0.2) is 48.5 Å². The summed E-state index contributed by atoms with van der Waals surface area (Å²) in [5.41, 5.74) is 0. The minimum absolute atomic E-state index is 0.00315. The lowest BCUT2D eigenvalue weighted by atomic mass is 10.3. The second kappa shape index (κ2) is 10.9. The van der Waals surface area contributed by atoms with Crippen LogP contribution in [-0.2, 0) is 10.0 Å². The molecule has 2 aromatic carbocycles. The Bertz CT molecular complexity index is 1430. The topological polar surface area (TPSA) is 125 Å². The van der Waals surface area contributed by atoms with Crippen LogP contribution in [0, 0.1) is 0 Å². The number of anilines is 1. The smallest absolute Gasteiger partial charge is 0.272 e. The molecule has 10 nitrogen and oxygen atoms in total. The Hall–Kier alpha value is -4.39. The quantitative estimate of drug-likeness (QED) is 0.331. The van der Waals surface area contributed by atoms with Crippen LogP contribution in [0.15, 0.2) is 78.0 Å². The van der Waals surface area contributed by atoms with E-state index < -0.39 is 28.9 Å². The number of sulfonamides is 1. The molecular formula is C23H19F2N5O5S. The van der Waals surface area contributed by atoms with Crippen molar-refractivity contribution in [2.45, 2.75) is 11.3 Å².